The molecule has 0 aliphatic rings. The van der Waals surface area contributed by atoms with Gasteiger partial charge in [-0.25, -0.2) is 4.79 Å². The first-order chi connectivity index (χ1) is 9.13. The van der Waals surface area contributed by atoms with Crippen molar-refractivity contribution in [2.75, 3.05) is 0 Å². The maximum absolute atomic E-state index is 11.8. The Morgan fingerprint density at radius 1 is 1.47 bits per heavy atom. The van der Waals surface area contributed by atoms with Crippen LogP contribution in [0.5, 0.6) is 11.1 Å². The van der Waals surface area contributed by atoms with Gasteiger partial charge in [0.25, 0.3) is 5.56 Å². The molecule has 2 N–H and O–H groups in total. The molecular formula is C11H6N2O4S2. The van der Waals surface area contributed by atoms with Gasteiger partial charge in [0.05, 0.1) is 5.52 Å². The predicted molar refractivity (Wildman–Crippen MR) is 71.6 cm³/mol. The topological polar surface area (TPSA) is 92.3 Å². The number of nitrogens with one attached hydrogen (secondary N) is 1. The summed E-state index contributed by atoms with van der Waals surface area (Å²) in [6, 6.07) is 4.96. The van der Waals surface area contributed by atoms with Crippen molar-refractivity contribution in [3.63, 3.8) is 0 Å². The van der Waals surface area contributed by atoms with Gasteiger partial charge in [0.15, 0.2) is 5.06 Å². The number of nitrogens with zero attached hydrogens (tertiary/aromatic N) is 1. The highest BCUT2D eigenvalue weighted by atomic mass is 32.1. The molecule has 0 bridgehead atoms. The van der Waals surface area contributed by atoms with E-state index in [0.717, 1.165) is 11.3 Å². The minimum Gasteiger partial charge on any atom is -0.477 e. The van der Waals surface area contributed by atoms with E-state index in [1.54, 1.807) is 6.07 Å². The molecule has 3 aromatic heterocycles. The number of H-pyrrole nitrogens is 1. The summed E-state index contributed by atoms with van der Waals surface area (Å²) < 4.78 is 5.66. The number of carboxylic acid groups (broad SMARTS) is 1. The van der Waals surface area contributed by atoms with Gasteiger partial charge in [0, 0.05) is 0 Å². The molecule has 0 spiro atoms. The minimum absolute atomic E-state index is 0.0506. The highest BCUT2D eigenvalue weighted by molar-refractivity contribution is 7.20. The molecule has 8 heteroatoms. The van der Waals surface area contributed by atoms with E-state index in [4.69, 9.17) is 9.84 Å². The lowest BCUT2D eigenvalue weighted by molar-refractivity contribution is 0.0702. The normalized spacial score (nSPS) is 10.7. The van der Waals surface area contributed by atoms with E-state index in [1.165, 1.54) is 17.4 Å². The van der Waals surface area contributed by atoms with Crippen LogP contribution in [0.25, 0.3) is 10.2 Å². The maximum atomic E-state index is 11.8. The van der Waals surface area contributed by atoms with Crippen LogP contribution < -0.4 is 10.3 Å². The van der Waals surface area contributed by atoms with E-state index < -0.39 is 11.5 Å². The standard InChI is InChI=1S/C11H6N2O4S2/c14-9-8-5(4-6(19-8)10(15)16)12-11(13-9)17-7-2-1-3-18-7/h1-4H,(H,15,16)(H,12,13,14). The molecule has 19 heavy (non-hydrogen) atoms. The zero-order chi connectivity index (χ0) is 13.4. The number of hydrogen-bond acceptors (Lipinski definition) is 6. The SMILES string of the molecule is O=C(O)c1cc2nc(Oc3cccs3)[nH]c(=O)c2s1. The van der Waals surface area contributed by atoms with E-state index >= 15 is 0 Å². The number of aromatic nitrogens is 2. The van der Waals surface area contributed by atoms with Crippen molar-refractivity contribution in [2.45, 2.75) is 0 Å². The van der Waals surface area contributed by atoms with E-state index in [9.17, 15) is 9.59 Å². The van der Waals surface area contributed by atoms with Crippen molar-refractivity contribution in [1.29, 1.82) is 0 Å². The molecule has 0 amide bonds. The van der Waals surface area contributed by atoms with Crippen LogP contribution in [-0.2, 0) is 0 Å². The van der Waals surface area contributed by atoms with E-state index in [2.05, 4.69) is 9.97 Å². The molecule has 0 saturated heterocycles. The number of hydrogen-bond donors (Lipinski definition) is 2. The lowest BCUT2D eigenvalue weighted by Gasteiger charge is -2.00. The molecule has 0 saturated carbocycles. The monoisotopic (exact) mass is 294 g/mol. The van der Waals surface area contributed by atoms with Gasteiger partial charge in [-0.05, 0) is 23.6 Å². The van der Waals surface area contributed by atoms with Gasteiger partial charge in [-0.2, -0.15) is 4.98 Å². The van der Waals surface area contributed by atoms with Gasteiger partial charge in [-0.15, -0.1) is 22.7 Å². The molecule has 96 valence electrons. The third kappa shape index (κ3) is 2.23. The number of aromatic carboxylic acids is 1. The maximum Gasteiger partial charge on any atom is 0.345 e. The smallest absolute Gasteiger partial charge is 0.345 e. The fourth-order valence-electron chi connectivity index (χ4n) is 1.49. The molecule has 6 nitrogen and oxygen atoms in total. The first-order valence-corrected chi connectivity index (χ1v) is 6.81. The second-order valence-corrected chi connectivity index (χ2v) is 5.50. The van der Waals surface area contributed by atoms with Crippen LogP contribution in [-0.4, -0.2) is 21.0 Å². The molecule has 0 aliphatic carbocycles. The molecule has 0 aliphatic heterocycles. The summed E-state index contributed by atoms with van der Waals surface area (Å²) in [4.78, 5) is 29.3. The molecule has 3 heterocycles. The van der Waals surface area contributed by atoms with Crippen molar-refractivity contribution >= 4 is 38.9 Å². The number of fused-ring (bicyclic) bond motifs is 1. The number of ether oxygens (including phenoxy) is 1. The quantitative estimate of drug-likeness (QED) is 0.774. The Kier molecular flexibility index (Phi) is 2.80. The first-order valence-electron chi connectivity index (χ1n) is 5.12. The van der Waals surface area contributed by atoms with Crippen LogP contribution in [0.1, 0.15) is 9.67 Å². The fraction of sp³-hybridized carbons (Fsp3) is 0. The average Bonchev–Trinajstić information content (AvgIpc) is 2.97. The van der Waals surface area contributed by atoms with Crippen LogP contribution in [0, 0.1) is 0 Å². The van der Waals surface area contributed by atoms with E-state index in [1.807, 2.05) is 11.4 Å². The van der Waals surface area contributed by atoms with Gasteiger partial charge in [0.1, 0.15) is 9.58 Å². The zero-order valence-electron chi connectivity index (χ0n) is 9.25. The Bertz CT molecular complexity index is 804. The van der Waals surface area contributed by atoms with Crippen LogP contribution in [0.15, 0.2) is 28.4 Å². The third-order valence-electron chi connectivity index (χ3n) is 2.26. The van der Waals surface area contributed by atoms with Crippen LogP contribution in [0.4, 0.5) is 0 Å². The Morgan fingerprint density at radius 3 is 3.00 bits per heavy atom. The summed E-state index contributed by atoms with van der Waals surface area (Å²) in [5.41, 5.74) is -0.0910. The zero-order valence-corrected chi connectivity index (χ0v) is 10.9. The Labute approximate surface area is 113 Å². The van der Waals surface area contributed by atoms with Gasteiger partial charge < -0.3 is 9.84 Å². The molecule has 0 atom stereocenters. The fourth-order valence-corrected chi connectivity index (χ4v) is 2.90. The molecule has 3 rings (SSSR count). The van der Waals surface area contributed by atoms with Gasteiger partial charge >= 0.3 is 12.0 Å². The summed E-state index contributed by atoms with van der Waals surface area (Å²) in [6.45, 7) is 0. The summed E-state index contributed by atoms with van der Waals surface area (Å²) in [5, 5.41) is 11.3. The van der Waals surface area contributed by atoms with Crippen LogP contribution in [0.3, 0.4) is 0 Å². The lowest BCUT2D eigenvalue weighted by Crippen LogP contribution is -2.07. The van der Waals surface area contributed by atoms with Crippen LogP contribution >= 0.6 is 22.7 Å². The summed E-state index contributed by atoms with van der Waals surface area (Å²) in [7, 11) is 0. The van der Waals surface area contributed by atoms with Gasteiger partial charge in [-0.1, -0.05) is 0 Å². The highest BCUT2D eigenvalue weighted by Gasteiger charge is 2.13. The van der Waals surface area contributed by atoms with Gasteiger partial charge in [-0.3, -0.25) is 9.78 Å². The Morgan fingerprint density at radius 2 is 2.32 bits per heavy atom. The predicted octanol–water partition coefficient (Wildman–Crippen LogP) is 2.54. The molecular weight excluding hydrogens is 288 g/mol. The number of aromatic amines is 1. The second kappa shape index (κ2) is 4.48. The third-order valence-corrected chi connectivity index (χ3v) is 4.12. The summed E-state index contributed by atoms with van der Waals surface area (Å²) >= 11 is 2.25. The average molecular weight is 294 g/mol. The second-order valence-electron chi connectivity index (χ2n) is 3.54. The summed E-state index contributed by atoms with van der Waals surface area (Å²) in [5.74, 6) is -1.08. The van der Waals surface area contributed by atoms with Crippen LogP contribution in [0.2, 0.25) is 0 Å². The number of carbonyl (C=O) groups is 1. The first kappa shape index (κ1) is 11.9. The number of rotatable bonds is 3. The Balaban J connectivity index is 2.08. The highest BCUT2D eigenvalue weighted by Crippen LogP contribution is 2.26. The largest absolute Gasteiger partial charge is 0.477 e. The van der Waals surface area contributed by atoms with Crippen molar-refractivity contribution < 1.29 is 14.6 Å². The van der Waals surface area contributed by atoms with Crippen molar-refractivity contribution in [1.82, 2.24) is 9.97 Å². The Hall–Kier alpha value is -2.19. The molecule has 0 aromatic carbocycles. The van der Waals surface area contributed by atoms with Crippen molar-refractivity contribution in [2.24, 2.45) is 0 Å². The van der Waals surface area contributed by atoms with E-state index in [0.29, 0.717) is 10.6 Å². The minimum atomic E-state index is -1.08. The molecule has 0 unspecified atom stereocenters. The number of carboxylic acids is 1. The molecule has 0 radical (unpaired) electrons. The van der Waals surface area contributed by atoms with Crippen molar-refractivity contribution in [3.05, 3.63) is 38.8 Å². The molecule has 3 aromatic rings. The summed E-state index contributed by atoms with van der Waals surface area (Å²) in [6.07, 6.45) is 0. The van der Waals surface area contributed by atoms with Gasteiger partial charge in [0.2, 0.25) is 0 Å². The van der Waals surface area contributed by atoms with E-state index in [-0.39, 0.29) is 15.6 Å². The van der Waals surface area contributed by atoms with Crippen molar-refractivity contribution in [3.8, 4) is 11.1 Å². The number of thiophene rings is 2. The lowest BCUT2D eigenvalue weighted by atomic mass is 10.4. The molecule has 0 fully saturated rings.